The minimum absolute atomic E-state index is 0.138. The van der Waals surface area contributed by atoms with Gasteiger partial charge in [0, 0.05) is 31.6 Å². The Bertz CT molecular complexity index is 532. The van der Waals surface area contributed by atoms with Crippen molar-refractivity contribution in [2.24, 2.45) is 5.92 Å². The maximum Gasteiger partial charge on any atom is 0.417 e. The molecule has 2 rings (SSSR count). The molecular weight excluding hydrogens is 299 g/mol. The highest BCUT2D eigenvalue weighted by atomic mass is 19.4. The predicted molar refractivity (Wildman–Crippen MR) is 73.3 cm³/mol. The fourth-order valence-corrected chi connectivity index (χ4v) is 2.54. The van der Waals surface area contributed by atoms with E-state index in [2.05, 4.69) is 10.2 Å². The standard InChI is InChI=1S/C14H20F3N3O2/c1-9(2)7-10-8-11(19-18-10)12(21)20-5-3-13(22,4-6-20)14(15,16)17/h8-9,22H,3-7H2,1-2H3,(H,18,19). The smallest absolute Gasteiger partial charge is 0.380 e. The van der Waals surface area contributed by atoms with Crippen LogP contribution < -0.4 is 0 Å². The molecule has 124 valence electrons. The van der Waals surface area contributed by atoms with E-state index in [-0.39, 0.29) is 18.8 Å². The van der Waals surface area contributed by atoms with Crippen LogP contribution in [0.5, 0.6) is 0 Å². The Balaban J connectivity index is 1.99. The number of aromatic amines is 1. The molecule has 0 saturated carbocycles. The van der Waals surface area contributed by atoms with Gasteiger partial charge >= 0.3 is 6.18 Å². The minimum atomic E-state index is -4.67. The van der Waals surface area contributed by atoms with Gasteiger partial charge in [-0.15, -0.1) is 0 Å². The number of H-pyrrole nitrogens is 1. The molecule has 1 aromatic rings. The van der Waals surface area contributed by atoms with Crippen LogP contribution in [0.1, 0.15) is 42.9 Å². The summed E-state index contributed by atoms with van der Waals surface area (Å²) in [5, 5.41) is 16.3. The number of halogens is 3. The number of nitrogens with zero attached hydrogens (tertiary/aromatic N) is 2. The molecule has 5 nitrogen and oxygen atoms in total. The first kappa shape index (κ1) is 16.8. The summed E-state index contributed by atoms with van der Waals surface area (Å²) in [5.41, 5.74) is -1.67. The van der Waals surface area contributed by atoms with E-state index >= 15 is 0 Å². The van der Waals surface area contributed by atoms with Crippen molar-refractivity contribution in [2.45, 2.75) is 44.9 Å². The Hall–Kier alpha value is -1.57. The molecule has 1 aromatic heterocycles. The van der Waals surface area contributed by atoms with Crippen LogP contribution in [0.2, 0.25) is 0 Å². The number of rotatable bonds is 3. The van der Waals surface area contributed by atoms with Crippen LogP contribution in [0.25, 0.3) is 0 Å². The molecule has 0 unspecified atom stereocenters. The van der Waals surface area contributed by atoms with Crippen LogP contribution in [0.15, 0.2) is 6.07 Å². The van der Waals surface area contributed by atoms with E-state index in [9.17, 15) is 23.1 Å². The van der Waals surface area contributed by atoms with Gasteiger partial charge in [0.15, 0.2) is 5.60 Å². The Morgan fingerprint density at radius 2 is 2.05 bits per heavy atom. The number of hydrogen-bond acceptors (Lipinski definition) is 3. The molecule has 22 heavy (non-hydrogen) atoms. The van der Waals surface area contributed by atoms with E-state index in [1.165, 1.54) is 4.90 Å². The third-order valence-electron chi connectivity index (χ3n) is 3.88. The van der Waals surface area contributed by atoms with Crippen LogP contribution in [0.4, 0.5) is 13.2 Å². The first-order valence-corrected chi connectivity index (χ1v) is 7.25. The van der Waals surface area contributed by atoms with Gasteiger partial charge in [-0.1, -0.05) is 13.8 Å². The summed E-state index contributed by atoms with van der Waals surface area (Å²) in [5.74, 6) is -0.00402. The molecule has 0 atom stereocenters. The molecule has 1 aliphatic heterocycles. The quantitative estimate of drug-likeness (QED) is 0.897. The highest BCUT2D eigenvalue weighted by molar-refractivity contribution is 5.92. The number of carbonyl (C=O) groups is 1. The van der Waals surface area contributed by atoms with E-state index in [1.807, 2.05) is 13.8 Å². The summed E-state index contributed by atoms with van der Waals surface area (Å²) in [6.45, 7) is 3.79. The number of alkyl halides is 3. The number of carbonyl (C=O) groups excluding carboxylic acids is 1. The average molecular weight is 319 g/mol. The number of amides is 1. The zero-order chi connectivity index (χ0) is 16.5. The molecule has 0 aromatic carbocycles. The van der Waals surface area contributed by atoms with Gasteiger partial charge in [-0.05, 0) is 18.4 Å². The normalized spacial score (nSPS) is 18.8. The molecule has 2 heterocycles. The van der Waals surface area contributed by atoms with Gasteiger partial charge < -0.3 is 10.0 Å². The molecular formula is C14H20F3N3O2. The lowest BCUT2D eigenvalue weighted by Gasteiger charge is -2.38. The molecule has 0 bridgehead atoms. The second kappa shape index (κ2) is 5.91. The number of aliphatic hydroxyl groups is 1. The zero-order valence-corrected chi connectivity index (χ0v) is 12.6. The summed E-state index contributed by atoms with van der Waals surface area (Å²) in [7, 11) is 0. The number of piperidine rings is 1. The first-order chi connectivity index (χ1) is 10.1. The summed E-state index contributed by atoms with van der Waals surface area (Å²) < 4.78 is 38.2. The van der Waals surface area contributed by atoms with E-state index in [1.54, 1.807) is 6.07 Å². The highest BCUT2D eigenvalue weighted by Gasteiger charge is 2.55. The molecule has 0 radical (unpaired) electrons. The summed E-state index contributed by atoms with van der Waals surface area (Å²) in [6.07, 6.45) is -4.94. The molecule has 8 heteroatoms. The van der Waals surface area contributed by atoms with Gasteiger partial charge in [0.2, 0.25) is 0 Å². The fourth-order valence-electron chi connectivity index (χ4n) is 2.54. The topological polar surface area (TPSA) is 69.2 Å². The zero-order valence-electron chi connectivity index (χ0n) is 12.6. The Labute approximate surface area is 126 Å². The number of aromatic nitrogens is 2. The summed E-state index contributed by atoms with van der Waals surface area (Å²) in [6, 6.07) is 1.63. The summed E-state index contributed by atoms with van der Waals surface area (Å²) >= 11 is 0. The van der Waals surface area contributed by atoms with Gasteiger partial charge in [0.25, 0.3) is 5.91 Å². The second-order valence-corrected chi connectivity index (χ2v) is 6.20. The van der Waals surface area contributed by atoms with Crippen molar-refractivity contribution in [3.8, 4) is 0 Å². The molecule has 1 aliphatic rings. The largest absolute Gasteiger partial charge is 0.417 e. The number of hydrogen-bond donors (Lipinski definition) is 2. The lowest BCUT2D eigenvalue weighted by molar-refractivity contribution is -0.271. The van der Waals surface area contributed by atoms with E-state index < -0.39 is 30.5 Å². The minimum Gasteiger partial charge on any atom is -0.380 e. The van der Waals surface area contributed by atoms with Crippen molar-refractivity contribution in [2.75, 3.05) is 13.1 Å². The van der Waals surface area contributed by atoms with E-state index in [0.717, 1.165) is 12.1 Å². The monoisotopic (exact) mass is 319 g/mol. The second-order valence-electron chi connectivity index (χ2n) is 6.20. The van der Waals surface area contributed by atoms with Crippen molar-refractivity contribution >= 4 is 5.91 Å². The summed E-state index contributed by atoms with van der Waals surface area (Å²) in [4.78, 5) is 13.5. The predicted octanol–water partition coefficient (Wildman–Crippen LogP) is 2.14. The van der Waals surface area contributed by atoms with Gasteiger partial charge in [0.05, 0.1) is 0 Å². The van der Waals surface area contributed by atoms with Crippen molar-refractivity contribution < 1.29 is 23.1 Å². The van der Waals surface area contributed by atoms with Gasteiger partial charge in [-0.2, -0.15) is 18.3 Å². The Morgan fingerprint density at radius 3 is 2.55 bits per heavy atom. The average Bonchev–Trinajstić information content (AvgIpc) is 2.85. The van der Waals surface area contributed by atoms with Gasteiger partial charge in [-0.25, -0.2) is 0 Å². The molecule has 0 aliphatic carbocycles. The first-order valence-electron chi connectivity index (χ1n) is 7.25. The van der Waals surface area contributed by atoms with E-state index in [4.69, 9.17) is 0 Å². The number of nitrogens with one attached hydrogen (secondary N) is 1. The van der Waals surface area contributed by atoms with Crippen LogP contribution >= 0.6 is 0 Å². The molecule has 1 saturated heterocycles. The van der Waals surface area contributed by atoms with Crippen molar-refractivity contribution in [1.29, 1.82) is 0 Å². The van der Waals surface area contributed by atoms with Crippen molar-refractivity contribution in [3.05, 3.63) is 17.5 Å². The molecule has 1 fully saturated rings. The lowest BCUT2D eigenvalue weighted by atomic mass is 9.90. The lowest BCUT2D eigenvalue weighted by Crippen LogP contribution is -2.54. The molecule has 2 N–H and O–H groups in total. The Kier molecular flexibility index (Phi) is 4.51. The van der Waals surface area contributed by atoms with Crippen LogP contribution in [-0.4, -0.2) is 51.0 Å². The molecule has 0 spiro atoms. The maximum atomic E-state index is 12.7. The van der Waals surface area contributed by atoms with E-state index in [0.29, 0.717) is 5.92 Å². The number of likely N-dealkylation sites (tertiary alicyclic amines) is 1. The van der Waals surface area contributed by atoms with Crippen LogP contribution in [-0.2, 0) is 6.42 Å². The van der Waals surface area contributed by atoms with Crippen LogP contribution in [0.3, 0.4) is 0 Å². The maximum absolute atomic E-state index is 12.7. The van der Waals surface area contributed by atoms with Crippen molar-refractivity contribution in [3.63, 3.8) is 0 Å². The Morgan fingerprint density at radius 1 is 1.45 bits per heavy atom. The highest BCUT2D eigenvalue weighted by Crippen LogP contribution is 2.38. The van der Waals surface area contributed by atoms with Gasteiger partial charge in [-0.3, -0.25) is 9.89 Å². The molecule has 1 amide bonds. The fraction of sp³-hybridized carbons (Fsp3) is 0.714. The third-order valence-corrected chi connectivity index (χ3v) is 3.88. The van der Waals surface area contributed by atoms with Crippen molar-refractivity contribution in [1.82, 2.24) is 15.1 Å². The van der Waals surface area contributed by atoms with Crippen LogP contribution in [0, 0.1) is 5.92 Å². The SMILES string of the molecule is CC(C)Cc1cc(C(=O)N2CCC(O)(C(F)(F)F)CC2)n[nH]1. The third kappa shape index (κ3) is 3.43. The van der Waals surface area contributed by atoms with Gasteiger partial charge in [0.1, 0.15) is 5.69 Å².